The van der Waals surface area contributed by atoms with Gasteiger partial charge >= 0.3 is 0 Å². The number of hydrogen-bond acceptors (Lipinski definition) is 3. The van der Waals surface area contributed by atoms with Gasteiger partial charge in [0.25, 0.3) is 10.0 Å². The maximum absolute atomic E-state index is 13.2. The number of sulfonamides is 1. The van der Waals surface area contributed by atoms with Crippen molar-refractivity contribution in [3.8, 4) is 0 Å². The third kappa shape index (κ3) is 3.68. The normalized spacial score (nSPS) is 11.4. The van der Waals surface area contributed by atoms with E-state index in [9.17, 15) is 12.8 Å². The van der Waals surface area contributed by atoms with Gasteiger partial charge in [-0.05, 0) is 46.3 Å². The Morgan fingerprint density at radius 3 is 2.48 bits per heavy atom. The minimum absolute atomic E-state index is 0.248. The van der Waals surface area contributed by atoms with Gasteiger partial charge in [0.1, 0.15) is 10.7 Å². The summed E-state index contributed by atoms with van der Waals surface area (Å²) in [6.45, 7) is 0. The maximum Gasteiger partial charge on any atom is 0.263 e. The maximum atomic E-state index is 13.2. The minimum Gasteiger partial charge on any atom is -0.396 e. The van der Waals surface area contributed by atoms with E-state index in [0.717, 1.165) is 16.6 Å². The first kappa shape index (κ1) is 16.5. The number of halogens is 4. The first-order chi connectivity index (χ1) is 9.70. The molecule has 0 unspecified atom stereocenters. The van der Waals surface area contributed by atoms with Crippen LogP contribution in [0.2, 0.25) is 5.02 Å². The molecule has 0 aliphatic rings. The molecule has 0 bridgehead atoms. The average molecular weight is 459 g/mol. The standard InChI is InChI=1S/C12H8Br2ClFN2O2S/c13-6-1-2-11(7(14)3-6)18-21(19,20)12-5-10(17)9(16)4-8(12)15/h1-5,18H,17H2. The fraction of sp³-hybridized carbons (Fsp3) is 0. The number of nitrogens with two attached hydrogens (primary N) is 1. The Kier molecular flexibility index (Phi) is 4.82. The zero-order chi connectivity index (χ0) is 15.8. The van der Waals surface area contributed by atoms with E-state index in [4.69, 9.17) is 17.3 Å². The van der Waals surface area contributed by atoms with Gasteiger partial charge in [-0.1, -0.05) is 27.5 Å². The zero-order valence-electron chi connectivity index (χ0n) is 10.2. The van der Waals surface area contributed by atoms with Crippen LogP contribution in [0.25, 0.3) is 0 Å². The molecule has 9 heteroatoms. The smallest absolute Gasteiger partial charge is 0.263 e. The lowest BCUT2D eigenvalue weighted by Crippen LogP contribution is -2.14. The molecule has 2 aromatic carbocycles. The van der Waals surface area contributed by atoms with E-state index in [1.807, 2.05) is 0 Å². The Labute approximate surface area is 142 Å². The van der Waals surface area contributed by atoms with Crippen molar-refractivity contribution in [2.45, 2.75) is 4.90 Å². The molecule has 0 saturated heterocycles. The first-order valence-electron chi connectivity index (χ1n) is 5.43. The van der Waals surface area contributed by atoms with Gasteiger partial charge in [-0.25, -0.2) is 12.8 Å². The van der Waals surface area contributed by atoms with E-state index in [2.05, 4.69) is 36.6 Å². The van der Waals surface area contributed by atoms with Crippen LogP contribution in [0.15, 0.2) is 44.2 Å². The molecule has 21 heavy (non-hydrogen) atoms. The third-order valence-corrected chi connectivity index (χ3v) is 5.50. The Morgan fingerprint density at radius 2 is 1.86 bits per heavy atom. The molecule has 0 heterocycles. The molecular weight excluding hydrogens is 450 g/mol. The second kappa shape index (κ2) is 6.12. The minimum atomic E-state index is -3.99. The molecule has 2 rings (SSSR count). The van der Waals surface area contributed by atoms with Crippen molar-refractivity contribution in [2.24, 2.45) is 0 Å². The van der Waals surface area contributed by atoms with Gasteiger partial charge < -0.3 is 5.73 Å². The molecule has 0 aromatic heterocycles. The highest BCUT2D eigenvalue weighted by molar-refractivity contribution is 9.11. The van der Waals surface area contributed by atoms with E-state index in [0.29, 0.717) is 10.2 Å². The predicted molar refractivity (Wildman–Crippen MR) is 88.5 cm³/mol. The van der Waals surface area contributed by atoms with E-state index < -0.39 is 15.8 Å². The summed E-state index contributed by atoms with van der Waals surface area (Å²) in [6, 6.07) is 6.75. The fourth-order valence-electron chi connectivity index (χ4n) is 1.52. The van der Waals surface area contributed by atoms with Crippen molar-refractivity contribution in [1.29, 1.82) is 0 Å². The van der Waals surface area contributed by atoms with Crippen molar-refractivity contribution in [3.05, 3.63) is 50.1 Å². The van der Waals surface area contributed by atoms with Crippen LogP contribution in [-0.4, -0.2) is 8.42 Å². The van der Waals surface area contributed by atoms with Crippen molar-refractivity contribution in [3.63, 3.8) is 0 Å². The highest BCUT2D eigenvalue weighted by Gasteiger charge is 2.21. The average Bonchev–Trinajstić information content (AvgIpc) is 2.37. The largest absolute Gasteiger partial charge is 0.396 e. The van der Waals surface area contributed by atoms with Crippen LogP contribution in [0, 0.1) is 5.82 Å². The fourth-order valence-corrected chi connectivity index (χ4v) is 4.43. The number of nitrogens with one attached hydrogen (secondary N) is 1. The van der Waals surface area contributed by atoms with E-state index in [1.54, 1.807) is 18.2 Å². The summed E-state index contributed by atoms with van der Waals surface area (Å²) in [5.41, 5.74) is 5.41. The Morgan fingerprint density at radius 1 is 1.19 bits per heavy atom. The molecule has 0 atom stereocenters. The van der Waals surface area contributed by atoms with E-state index >= 15 is 0 Å². The molecule has 0 amide bonds. The van der Waals surface area contributed by atoms with Crippen LogP contribution in [0.1, 0.15) is 0 Å². The highest BCUT2D eigenvalue weighted by atomic mass is 79.9. The SMILES string of the molecule is Nc1cc(S(=O)(=O)Nc2ccc(Br)cc2Br)c(Cl)cc1F. The number of benzene rings is 2. The molecule has 2 aromatic rings. The second-order valence-corrected chi connectivity index (χ2v) is 7.86. The van der Waals surface area contributed by atoms with Crippen molar-refractivity contribution < 1.29 is 12.8 Å². The topological polar surface area (TPSA) is 72.2 Å². The molecule has 0 spiro atoms. The van der Waals surface area contributed by atoms with E-state index in [1.165, 1.54) is 0 Å². The molecule has 4 nitrogen and oxygen atoms in total. The molecule has 0 radical (unpaired) electrons. The number of anilines is 2. The third-order valence-electron chi connectivity index (χ3n) is 2.52. The molecule has 3 N–H and O–H groups in total. The Balaban J connectivity index is 2.46. The van der Waals surface area contributed by atoms with Crippen LogP contribution in [0.5, 0.6) is 0 Å². The molecule has 0 aliphatic heterocycles. The lowest BCUT2D eigenvalue weighted by molar-refractivity contribution is 0.600. The summed E-state index contributed by atoms with van der Waals surface area (Å²) in [5, 5.41) is -0.248. The monoisotopic (exact) mass is 456 g/mol. The lowest BCUT2D eigenvalue weighted by Gasteiger charge is -2.12. The van der Waals surface area contributed by atoms with Crippen LogP contribution >= 0.6 is 43.5 Å². The molecule has 0 fully saturated rings. The van der Waals surface area contributed by atoms with Crippen LogP contribution in [-0.2, 0) is 10.0 Å². The quantitative estimate of drug-likeness (QED) is 0.671. The summed E-state index contributed by atoms with van der Waals surface area (Å²) in [4.78, 5) is -0.294. The summed E-state index contributed by atoms with van der Waals surface area (Å²) in [5.74, 6) is -0.774. The van der Waals surface area contributed by atoms with Crippen LogP contribution < -0.4 is 10.5 Å². The number of rotatable bonds is 3. The van der Waals surface area contributed by atoms with Gasteiger partial charge in [0.2, 0.25) is 0 Å². The molecule has 112 valence electrons. The summed E-state index contributed by atoms with van der Waals surface area (Å²) < 4.78 is 41.6. The van der Waals surface area contributed by atoms with Crippen molar-refractivity contribution in [2.75, 3.05) is 10.5 Å². The van der Waals surface area contributed by atoms with Gasteiger partial charge in [-0.15, -0.1) is 0 Å². The highest BCUT2D eigenvalue weighted by Crippen LogP contribution is 2.31. The zero-order valence-corrected chi connectivity index (χ0v) is 14.9. The summed E-state index contributed by atoms with van der Waals surface area (Å²) in [7, 11) is -3.99. The van der Waals surface area contributed by atoms with Crippen molar-refractivity contribution >= 4 is 64.9 Å². The summed E-state index contributed by atoms with van der Waals surface area (Å²) >= 11 is 12.3. The van der Waals surface area contributed by atoms with Crippen LogP contribution in [0.4, 0.5) is 15.8 Å². The number of nitrogen functional groups attached to an aromatic ring is 1. The van der Waals surface area contributed by atoms with Gasteiger partial charge in [0.15, 0.2) is 0 Å². The molecule has 0 saturated carbocycles. The molecular formula is C12H8Br2ClFN2O2S. The van der Waals surface area contributed by atoms with Gasteiger partial charge in [0.05, 0.1) is 16.4 Å². The number of hydrogen-bond donors (Lipinski definition) is 2. The van der Waals surface area contributed by atoms with Gasteiger partial charge in [-0.3, -0.25) is 4.72 Å². The Bertz CT molecular complexity index is 815. The van der Waals surface area contributed by atoms with Gasteiger partial charge in [0, 0.05) is 8.95 Å². The second-order valence-electron chi connectivity index (χ2n) is 4.03. The van der Waals surface area contributed by atoms with Crippen molar-refractivity contribution in [1.82, 2.24) is 0 Å². The predicted octanol–water partition coefficient (Wildman–Crippen LogP) is 4.39. The first-order valence-corrected chi connectivity index (χ1v) is 8.88. The van der Waals surface area contributed by atoms with Gasteiger partial charge in [-0.2, -0.15) is 0 Å². The van der Waals surface area contributed by atoms with E-state index in [-0.39, 0.29) is 15.6 Å². The van der Waals surface area contributed by atoms with Crippen LogP contribution in [0.3, 0.4) is 0 Å². The lowest BCUT2D eigenvalue weighted by atomic mass is 10.3. The molecule has 0 aliphatic carbocycles. The Hall–Kier alpha value is -0.830. The summed E-state index contributed by atoms with van der Waals surface area (Å²) in [6.07, 6.45) is 0.